The van der Waals surface area contributed by atoms with Crippen LogP contribution in [0.25, 0.3) is 0 Å². The molecule has 0 fully saturated rings. The standard InChI is InChI=1S/C18H29BrFN/c1-6-21-16(9-13(2)12-18(3,4)5)10-14-7-8-15(19)11-17(14)20/h7-8,11,13,16,21H,6,9-10,12H2,1-5H3. The highest BCUT2D eigenvalue weighted by molar-refractivity contribution is 9.10. The number of hydrogen-bond donors (Lipinski definition) is 1. The van der Waals surface area contributed by atoms with E-state index in [9.17, 15) is 4.39 Å². The van der Waals surface area contributed by atoms with Gasteiger partial charge in [0.1, 0.15) is 5.82 Å². The Hall–Kier alpha value is -0.410. The first-order chi connectivity index (χ1) is 9.71. The van der Waals surface area contributed by atoms with Crippen LogP contribution in [-0.4, -0.2) is 12.6 Å². The van der Waals surface area contributed by atoms with Gasteiger partial charge in [-0.1, -0.05) is 56.6 Å². The van der Waals surface area contributed by atoms with Crippen LogP contribution in [0.1, 0.15) is 53.0 Å². The maximum Gasteiger partial charge on any atom is 0.127 e. The third-order valence-electron chi connectivity index (χ3n) is 3.62. The average Bonchev–Trinajstić information content (AvgIpc) is 2.30. The number of benzene rings is 1. The van der Waals surface area contributed by atoms with E-state index < -0.39 is 0 Å². The molecule has 0 aliphatic carbocycles. The second-order valence-corrected chi connectivity index (χ2v) is 8.22. The van der Waals surface area contributed by atoms with Gasteiger partial charge in [0.2, 0.25) is 0 Å². The Morgan fingerprint density at radius 1 is 1.29 bits per heavy atom. The van der Waals surface area contributed by atoms with E-state index in [1.165, 1.54) is 6.42 Å². The Kier molecular flexibility index (Phi) is 7.35. The van der Waals surface area contributed by atoms with E-state index >= 15 is 0 Å². The summed E-state index contributed by atoms with van der Waals surface area (Å²) in [5.74, 6) is 0.517. The van der Waals surface area contributed by atoms with Crippen molar-refractivity contribution in [2.75, 3.05) is 6.54 Å². The lowest BCUT2D eigenvalue weighted by Crippen LogP contribution is -2.33. The maximum atomic E-state index is 14.0. The monoisotopic (exact) mass is 357 g/mol. The molecule has 0 aromatic heterocycles. The average molecular weight is 358 g/mol. The molecule has 0 aliphatic rings. The SMILES string of the molecule is CCNC(Cc1ccc(Br)cc1F)CC(C)CC(C)(C)C. The third-order valence-corrected chi connectivity index (χ3v) is 4.12. The summed E-state index contributed by atoms with van der Waals surface area (Å²) in [5.41, 5.74) is 1.14. The van der Waals surface area contributed by atoms with Crippen LogP contribution < -0.4 is 5.32 Å². The summed E-state index contributed by atoms with van der Waals surface area (Å²) in [6.07, 6.45) is 3.03. The lowest BCUT2D eigenvalue weighted by molar-refractivity contribution is 0.274. The van der Waals surface area contributed by atoms with Gasteiger partial charge in [0.05, 0.1) is 0 Å². The lowest BCUT2D eigenvalue weighted by atomic mass is 9.82. The summed E-state index contributed by atoms with van der Waals surface area (Å²) in [6, 6.07) is 5.69. The zero-order valence-corrected chi connectivity index (χ0v) is 15.6. The number of likely N-dealkylation sites (N-methyl/N-ethyl adjacent to an activating group) is 1. The number of nitrogens with one attached hydrogen (secondary N) is 1. The minimum Gasteiger partial charge on any atom is -0.314 e. The molecule has 0 heterocycles. The molecule has 120 valence electrons. The van der Waals surface area contributed by atoms with Crippen LogP contribution in [0.2, 0.25) is 0 Å². The number of halogens is 2. The highest BCUT2D eigenvalue weighted by atomic mass is 79.9. The number of rotatable bonds is 7. The summed E-state index contributed by atoms with van der Waals surface area (Å²) >= 11 is 3.31. The number of hydrogen-bond acceptors (Lipinski definition) is 1. The van der Waals surface area contributed by atoms with Crippen LogP contribution in [0, 0.1) is 17.2 Å². The second-order valence-electron chi connectivity index (χ2n) is 7.30. The molecule has 21 heavy (non-hydrogen) atoms. The topological polar surface area (TPSA) is 12.0 Å². The molecule has 1 rings (SSSR count). The van der Waals surface area contributed by atoms with Crippen molar-refractivity contribution in [1.29, 1.82) is 0 Å². The van der Waals surface area contributed by atoms with Crippen molar-refractivity contribution in [1.82, 2.24) is 5.32 Å². The van der Waals surface area contributed by atoms with Crippen molar-refractivity contribution >= 4 is 15.9 Å². The Labute approximate surface area is 137 Å². The van der Waals surface area contributed by atoms with E-state index in [4.69, 9.17) is 0 Å². The van der Waals surface area contributed by atoms with Gasteiger partial charge in [0, 0.05) is 10.5 Å². The summed E-state index contributed by atoms with van der Waals surface area (Å²) < 4.78 is 14.8. The molecule has 0 amide bonds. The van der Waals surface area contributed by atoms with E-state index in [1.54, 1.807) is 6.07 Å². The van der Waals surface area contributed by atoms with Gasteiger partial charge in [0.15, 0.2) is 0 Å². The fraction of sp³-hybridized carbons (Fsp3) is 0.667. The largest absolute Gasteiger partial charge is 0.314 e. The summed E-state index contributed by atoms with van der Waals surface area (Å²) in [7, 11) is 0. The quantitative estimate of drug-likeness (QED) is 0.672. The van der Waals surface area contributed by atoms with Gasteiger partial charge in [-0.2, -0.15) is 0 Å². The van der Waals surface area contributed by atoms with E-state index in [0.717, 1.165) is 29.4 Å². The maximum absolute atomic E-state index is 14.0. The second kappa shape index (κ2) is 8.28. The third kappa shape index (κ3) is 7.42. The van der Waals surface area contributed by atoms with Gasteiger partial charge < -0.3 is 5.32 Å². The summed E-state index contributed by atoms with van der Waals surface area (Å²) in [6.45, 7) is 12.2. The van der Waals surface area contributed by atoms with Crippen LogP contribution >= 0.6 is 15.9 Å². The van der Waals surface area contributed by atoms with Crippen LogP contribution in [0.15, 0.2) is 22.7 Å². The fourth-order valence-corrected chi connectivity index (χ4v) is 3.43. The molecule has 2 unspecified atom stereocenters. The van der Waals surface area contributed by atoms with Gasteiger partial charge in [-0.15, -0.1) is 0 Å². The van der Waals surface area contributed by atoms with Crippen LogP contribution in [0.3, 0.4) is 0 Å². The van der Waals surface area contributed by atoms with Gasteiger partial charge >= 0.3 is 0 Å². The van der Waals surface area contributed by atoms with Gasteiger partial charge in [-0.05, 0) is 54.8 Å². The zero-order valence-electron chi connectivity index (χ0n) is 14.0. The highest BCUT2D eigenvalue weighted by Gasteiger charge is 2.20. The van der Waals surface area contributed by atoms with E-state index in [-0.39, 0.29) is 5.82 Å². The molecule has 1 aromatic rings. The molecule has 1 N–H and O–H groups in total. The van der Waals surface area contributed by atoms with Crippen LogP contribution in [0.5, 0.6) is 0 Å². The van der Waals surface area contributed by atoms with E-state index in [0.29, 0.717) is 17.4 Å². The first-order valence-electron chi connectivity index (χ1n) is 7.88. The molecular formula is C18H29BrFN. The molecule has 0 bridgehead atoms. The summed E-state index contributed by atoms with van der Waals surface area (Å²) in [5, 5.41) is 3.51. The Morgan fingerprint density at radius 3 is 2.48 bits per heavy atom. The lowest BCUT2D eigenvalue weighted by Gasteiger charge is -2.27. The predicted octanol–water partition coefficient (Wildman–Crippen LogP) is 5.57. The molecule has 0 radical (unpaired) electrons. The smallest absolute Gasteiger partial charge is 0.127 e. The van der Waals surface area contributed by atoms with Gasteiger partial charge in [0.25, 0.3) is 0 Å². The highest BCUT2D eigenvalue weighted by Crippen LogP contribution is 2.27. The minimum atomic E-state index is -0.115. The van der Waals surface area contributed by atoms with Crippen molar-refractivity contribution in [3.63, 3.8) is 0 Å². The predicted molar refractivity (Wildman–Crippen MR) is 93.1 cm³/mol. The van der Waals surface area contributed by atoms with Gasteiger partial charge in [-0.3, -0.25) is 0 Å². The molecule has 3 heteroatoms. The molecule has 1 aromatic carbocycles. The molecule has 0 aliphatic heterocycles. The Morgan fingerprint density at radius 2 is 1.95 bits per heavy atom. The Bertz CT molecular complexity index is 439. The zero-order chi connectivity index (χ0) is 16.0. The van der Waals surface area contributed by atoms with E-state index in [1.807, 2.05) is 12.1 Å². The Balaban J connectivity index is 2.68. The van der Waals surface area contributed by atoms with Crippen molar-refractivity contribution in [2.45, 2.75) is 59.9 Å². The molecule has 0 spiro atoms. The normalized spacial score (nSPS) is 15.0. The van der Waals surface area contributed by atoms with Crippen LogP contribution in [-0.2, 0) is 6.42 Å². The fourth-order valence-electron chi connectivity index (χ4n) is 3.09. The molecular weight excluding hydrogens is 329 g/mol. The van der Waals surface area contributed by atoms with Gasteiger partial charge in [-0.25, -0.2) is 4.39 Å². The molecule has 0 saturated carbocycles. The molecule has 2 atom stereocenters. The van der Waals surface area contributed by atoms with Crippen LogP contribution in [0.4, 0.5) is 4.39 Å². The molecule has 1 nitrogen and oxygen atoms in total. The first kappa shape index (κ1) is 18.6. The van der Waals surface area contributed by atoms with Crippen molar-refractivity contribution in [3.05, 3.63) is 34.1 Å². The van der Waals surface area contributed by atoms with E-state index in [2.05, 4.69) is 55.9 Å². The van der Waals surface area contributed by atoms with Crippen molar-refractivity contribution < 1.29 is 4.39 Å². The molecule has 0 saturated heterocycles. The minimum absolute atomic E-state index is 0.115. The summed E-state index contributed by atoms with van der Waals surface area (Å²) in [4.78, 5) is 0. The first-order valence-corrected chi connectivity index (χ1v) is 8.68. The van der Waals surface area contributed by atoms with Crippen molar-refractivity contribution in [3.8, 4) is 0 Å². The van der Waals surface area contributed by atoms with Crippen molar-refractivity contribution in [2.24, 2.45) is 11.3 Å².